The van der Waals surface area contributed by atoms with Gasteiger partial charge in [0.05, 0.1) is 5.69 Å². The van der Waals surface area contributed by atoms with Gasteiger partial charge in [0.2, 0.25) is 0 Å². The van der Waals surface area contributed by atoms with Crippen LogP contribution >= 0.6 is 0 Å². The predicted octanol–water partition coefficient (Wildman–Crippen LogP) is 0.188. The molecule has 0 radical (unpaired) electrons. The normalized spacial score (nSPS) is 18.6. The summed E-state index contributed by atoms with van der Waals surface area (Å²) in [4.78, 5) is 3.87. The van der Waals surface area contributed by atoms with Gasteiger partial charge >= 0.3 is 10.2 Å². The molecule has 1 aromatic rings. The molecule has 0 atom stereocenters. The maximum absolute atomic E-state index is 11.2. The topological polar surface area (TPSA) is 62.3 Å². The lowest BCUT2D eigenvalue weighted by Gasteiger charge is -2.07. The molecular formula is C6H7N3O2S. The Labute approximate surface area is 70.2 Å². The third-order valence-corrected chi connectivity index (χ3v) is 3.08. The van der Waals surface area contributed by atoms with Crippen molar-refractivity contribution in [3.8, 4) is 0 Å². The summed E-state index contributed by atoms with van der Waals surface area (Å²) in [6.45, 7) is 0. The Bertz CT molecular complexity index is 415. The van der Waals surface area contributed by atoms with Crippen LogP contribution in [-0.2, 0) is 10.2 Å². The number of anilines is 2. The molecular weight excluding hydrogens is 178 g/mol. The molecule has 6 heteroatoms. The first-order valence-electron chi connectivity index (χ1n) is 3.33. The number of aromatic nitrogens is 1. The molecule has 0 amide bonds. The van der Waals surface area contributed by atoms with Crippen LogP contribution in [0, 0.1) is 0 Å². The van der Waals surface area contributed by atoms with Gasteiger partial charge in [-0.2, -0.15) is 8.42 Å². The minimum atomic E-state index is -3.36. The van der Waals surface area contributed by atoms with Crippen molar-refractivity contribution in [2.24, 2.45) is 0 Å². The first kappa shape index (κ1) is 7.35. The minimum Gasteiger partial charge on any atom is -0.253 e. The molecule has 0 spiro atoms. The minimum absolute atomic E-state index is 0.389. The molecule has 0 saturated heterocycles. The molecule has 1 N–H and O–H groups in total. The fraction of sp³-hybridized carbons (Fsp3) is 0.167. The van der Waals surface area contributed by atoms with Gasteiger partial charge in [0.1, 0.15) is 0 Å². The van der Waals surface area contributed by atoms with Crippen molar-refractivity contribution in [1.82, 2.24) is 4.98 Å². The van der Waals surface area contributed by atoms with E-state index in [2.05, 4.69) is 9.71 Å². The van der Waals surface area contributed by atoms with Crippen molar-refractivity contribution in [1.29, 1.82) is 0 Å². The Morgan fingerprint density at radius 3 is 3.00 bits per heavy atom. The number of hydrogen-bond donors (Lipinski definition) is 1. The summed E-state index contributed by atoms with van der Waals surface area (Å²) < 4.78 is 25.9. The fourth-order valence-corrected chi connectivity index (χ4v) is 1.99. The Hall–Kier alpha value is -1.30. The van der Waals surface area contributed by atoms with Gasteiger partial charge in [-0.15, -0.1) is 0 Å². The van der Waals surface area contributed by atoms with Crippen LogP contribution < -0.4 is 9.03 Å². The highest BCUT2D eigenvalue weighted by atomic mass is 32.2. The van der Waals surface area contributed by atoms with Crippen molar-refractivity contribution in [2.75, 3.05) is 16.1 Å². The van der Waals surface area contributed by atoms with Crippen LogP contribution in [0.1, 0.15) is 0 Å². The van der Waals surface area contributed by atoms with Gasteiger partial charge in [0.25, 0.3) is 0 Å². The molecule has 0 fully saturated rings. The number of fused-ring (bicyclic) bond motifs is 1. The van der Waals surface area contributed by atoms with E-state index in [9.17, 15) is 8.42 Å². The number of rotatable bonds is 0. The van der Waals surface area contributed by atoms with Gasteiger partial charge in [0, 0.05) is 13.2 Å². The lowest BCUT2D eigenvalue weighted by molar-refractivity contribution is 0.601. The van der Waals surface area contributed by atoms with Gasteiger partial charge in [-0.1, -0.05) is 0 Å². The van der Waals surface area contributed by atoms with Crippen LogP contribution in [0.15, 0.2) is 18.3 Å². The van der Waals surface area contributed by atoms with Crippen molar-refractivity contribution in [3.63, 3.8) is 0 Å². The first-order valence-corrected chi connectivity index (χ1v) is 4.77. The monoisotopic (exact) mass is 185 g/mol. The lowest BCUT2D eigenvalue weighted by atomic mass is 10.4. The summed E-state index contributed by atoms with van der Waals surface area (Å²) >= 11 is 0. The molecule has 2 heterocycles. The van der Waals surface area contributed by atoms with Crippen LogP contribution in [0.2, 0.25) is 0 Å². The lowest BCUT2D eigenvalue weighted by Crippen LogP contribution is -2.25. The molecule has 0 bridgehead atoms. The zero-order valence-corrected chi connectivity index (χ0v) is 7.17. The number of pyridine rings is 1. The van der Waals surface area contributed by atoms with E-state index in [0.29, 0.717) is 11.5 Å². The van der Waals surface area contributed by atoms with Crippen LogP contribution in [0.5, 0.6) is 0 Å². The van der Waals surface area contributed by atoms with Crippen molar-refractivity contribution >= 4 is 21.7 Å². The molecule has 64 valence electrons. The zero-order chi connectivity index (χ0) is 8.77. The Balaban J connectivity index is 2.64. The molecule has 0 aromatic carbocycles. The molecule has 0 aliphatic carbocycles. The summed E-state index contributed by atoms with van der Waals surface area (Å²) in [6, 6.07) is 3.39. The molecule has 1 aromatic heterocycles. The second kappa shape index (κ2) is 2.10. The van der Waals surface area contributed by atoms with Crippen molar-refractivity contribution < 1.29 is 8.42 Å². The van der Waals surface area contributed by atoms with E-state index >= 15 is 0 Å². The average molecular weight is 185 g/mol. The summed E-state index contributed by atoms with van der Waals surface area (Å²) in [6.07, 6.45) is 1.54. The molecule has 5 nitrogen and oxygen atoms in total. The van der Waals surface area contributed by atoms with Crippen molar-refractivity contribution in [3.05, 3.63) is 18.3 Å². The number of nitrogens with zero attached hydrogens (tertiary/aromatic N) is 2. The molecule has 1 aliphatic heterocycles. The second-order valence-corrected chi connectivity index (χ2v) is 4.15. The summed E-state index contributed by atoms with van der Waals surface area (Å²) in [5, 5.41) is 0. The predicted molar refractivity (Wildman–Crippen MR) is 45.2 cm³/mol. The zero-order valence-electron chi connectivity index (χ0n) is 6.35. The van der Waals surface area contributed by atoms with E-state index in [4.69, 9.17) is 0 Å². The SMILES string of the molecule is CN1c2cccnc2NS1(=O)=O. The highest BCUT2D eigenvalue weighted by Crippen LogP contribution is 2.31. The highest BCUT2D eigenvalue weighted by molar-refractivity contribution is 7.94. The summed E-state index contributed by atoms with van der Waals surface area (Å²) in [5.41, 5.74) is 0.581. The maximum Gasteiger partial charge on any atom is 0.325 e. The standard InChI is InChI=1S/C6H7N3O2S/c1-9-5-3-2-4-7-6(5)8-12(9,10)11/h2-4H,1H3,(H,7,8). The number of nitrogens with one attached hydrogen (secondary N) is 1. The number of hydrogen-bond acceptors (Lipinski definition) is 3. The van der Waals surface area contributed by atoms with Crippen molar-refractivity contribution in [2.45, 2.75) is 0 Å². The highest BCUT2D eigenvalue weighted by Gasteiger charge is 2.29. The van der Waals surface area contributed by atoms with Gasteiger partial charge < -0.3 is 0 Å². The summed E-state index contributed by atoms with van der Waals surface area (Å²) in [5.74, 6) is 0.389. The quantitative estimate of drug-likeness (QED) is 0.627. The third-order valence-electron chi connectivity index (χ3n) is 1.71. The molecule has 1 aliphatic rings. The smallest absolute Gasteiger partial charge is 0.253 e. The molecule has 12 heavy (non-hydrogen) atoms. The van der Waals surface area contributed by atoms with Gasteiger partial charge in [0.15, 0.2) is 5.82 Å². The van der Waals surface area contributed by atoms with E-state index in [0.717, 1.165) is 4.31 Å². The first-order chi connectivity index (χ1) is 5.61. The van der Waals surface area contributed by atoms with Gasteiger partial charge in [-0.25, -0.2) is 9.71 Å². The van der Waals surface area contributed by atoms with Crippen LogP contribution in [0.3, 0.4) is 0 Å². The second-order valence-electron chi connectivity index (χ2n) is 2.45. The average Bonchev–Trinajstić information content (AvgIpc) is 2.24. The van der Waals surface area contributed by atoms with E-state index in [1.165, 1.54) is 7.05 Å². The van der Waals surface area contributed by atoms with E-state index < -0.39 is 10.2 Å². The summed E-state index contributed by atoms with van der Waals surface area (Å²) in [7, 11) is -1.88. The molecule has 0 saturated carbocycles. The largest absolute Gasteiger partial charge is 0.325 e. The molecule has 0 unspecified atom stereocenters. The van der Waals surface area contributed by atoms with Gasteiger partial charge in [-0.05, 0) is 12.1 Å². The van der Waals surface area contributed by atoms with E-state index in [1.807, 2.05) is 0 Å². The maximum atomic E-state index is 11.2. The van der Waals surface area contributed by atoms with E-state index in [1.54, 1.807) is 18.3 Å². The fourth-order valence-electron chi connectivity index (χ4n) is 1.05. The Morgan fingerprint density at radius 1 is 1.58 bits per heavy atom. The van der Waals surface area contributed by atoms with Gasteiger partial charge in [-0.3, -0.25) is 4.31 Å². The van der Waals surface area contributed by atoms with Crippen LogP contribution in [0.4, 0.5) is 11.5 Å². The van der Waals surface area contributed by atoms with E-state index in [-0.39, 0.29) is 0 Å². The Morgan fingerprint density at radius 2 is 2.33 bits per heavy atom. The third kappa shape index (κ3) is 0.845. The van der Waals surface area contributed by atoms with Crippen LogP contribution in [-0.4, -0.2) is 20.4 Å². The Kier molecular flexibility index (Phi) is 1.29. The molecule has 2 rings (SSSR count). The van der Waals surface area contributed by atoms with Crippen LogP contribution in [0.25, 0.3) is 0 Å².